The van der Waals surface area contributed by atoms with Crippen LogP contribution in [0.3, 0.4) is 0 Å². The summed E-state index contributed by atoms with van der Waals surface area (Å²) < 4.78 is 12.8. The van der Waals surface area contributed by atoms with E-state index < -0.39 is 0 Å². The van der Waals surface area contributed by atoms with E-state index in [0.717, 1.165) is 16.7 Å². The van der Waals surface area contributed by atoms with Gasteiger partial charge in [0, 0.05) is 6.04 Å². The lowest BCUT2D eigenvalue weighted by molar-refractivity contribution is 0.265. The van der Waals surface area contributed by atoms with Crippen molar-refractivity contribution in [2.24, 2.45) is 5.73 Å². The molecule has 94 valence electrons. The summed E-state index contributed by atoms with van der Waals surface area (Å²) in [7, 11) is 0. The number of halogens is 1. The van der Waals surface area contributed by atoms with Crippen LogP contribution >= 0.6 is 0 Å². The third kappa shape index (κ3) is 3.15. The fraction of sp³-hybridized carbons (Fsp3) is 0.200. The van der Waals surface area contributed by atoms with Gasteiger partial charge in [-0.2, -0.15) is 0 Å². The van der Waals surface area contributed by atoms with Crippen LogP contribution in [0.15, 0.2) is 48.5 Å². The topological polar surface area (TPSA) is 46.2 Å². The van der Waals surface area contributed by atoms with Crippen molar-refractivity contribution in [2.45, 2.75) is 12.5 Å². The highest BCUT2D eigenvalue weighted by Gasteiger charge is 2.03. The van der Waals surface area contributed by atoms with Crippen molar-refractivity contribution < 1.29 is 9.50 Å². The second-order valence-corrected chi connectivity index (χ2v) is 4.35. The zero-order valence-corrected chi connectivity index (χ0v) is 10.0. The van der Waals surface area contributed by atoms with Crippen molar-refractivity contribution in [1.82, 2.24) is 0 Å². The predicted octanol–water partition coefficient (Wildman–Crippen LogP) is 2.35. The minimum atomic E-state index is -0.232. The molecule has 2 nitrogen and oxygen atoms in total. The van der Waals surface area contributed by atoms with Crippen LogP contribution in [-0.2, 0) is 6.42 Å². The van der Waals surface area contributed by atoms with Gasteiger partial charge in [0.2, 0.25) is 0 Å². The Hall–Kier alpha value is -1.71. The number of nitrogens with two attached hydrogens (primary N) is 1. The van der Waals surface area contributed by atoms with Gasteiger partial charge in [-0.3, -0.25) is 0 Å². The lowest BCUT2D eigenvalue weighted by atomic mass is 10.0. The highest BCUT2D eigenvalue weighted by Crippen LogP contribution is 2.20. The Morgan fingerprint density at radius 2 is 1.44 bits per heavy atom. The molecule has 3 heteroatoms. The van der Waals surface area contributed by atoms with E-state index in [0.29, 0.717) is 6.42 Å². The predicted molar refractivity (Wildman–Crippen MR) is 70.6 cm³/mol. The highest BCUT2D eigenvalue weighted by molar-refractivity contribution is 5.63. The van der Waals surface area contributed by atoms with Crippen LogP contribution < -0.4 is 5.73 Å². The number of aliphatic hydroxyl groups excluding tert-OH is 1. The van der Waals surface area contributed by atoms with Gasteiger partial charge in [-0.15, -0.1) is 0 Å². The molecule has 0 radical (unpaired) electrons. The molecule has 0 bridgehead atoms. The van der Waals surface area contributed by atoms with E-state index in [1.165, 1.54) is 12.1 Å². The molecule has 0 amide bonds. The summed E-state index contributed by atoms with van der Waals surface area (Å²) in [5.41, 5.74) is 8.78. The molecule has 1 atom stereocenters. The monoisotopic (exact) mass is 245 g/mol. The first-order chi connectivity index (χ1) is 8.69. The van der Waals surface area contributed by atoms with E-state index in [1.54, 1.807) is 12.1 Å². The average molecular weight is 245 g/mol. The lowest BCUT2D eigenvalue weighted by Gasteiger charge is -2.08. The molecule has 0 saturated carbocycles. The molecule has 2 aromatic rings. The Labute approximate surface area is 106 Å². The van der Waals surface area contributed by atoms with Crippen LogP contribution in [0.25, 0.3) is 11.1 Å². The van der Waals surface area contributed by atoms with E-state index in [1.807, 2.05) is 24.3 Å². The summed E-state index contributed by atoms with van der Waals surface area (Å²) in [6.45, 7) is -0.0142. The molecule has 0 fully saturated rings. The van der Waals surface area contributed by atoms with Crippen molar-refractivity contribution in [2.75, 3.05) is 6.61 Å². The standard InChI is InChI=1S/C15H16FNO/c16-14-7-5-13(6-8-14)12-3-1-11(2-4-12)9-15(17)10-18/h1-8,15,18H,9-10,17H2. The Bertz CT molecular complexity index is 493. The molecule has 0 saturated heterocycles. The van der Waals surface area contributed by atoms with Crippen molar-refractivity contribution in [3.63, 3.8) is 0 Å². The summed E-state index contributed by atoms with van der Waals surface area (Å²) in [5.74, 6) is -0.232. The van der Waals surface area contributed by atoms with Crippen LogP contribution in [0, 0.1) is 5.82 Å². The smallest absolute Gasteiger partial charge is 0.123 e. The summed E-state index contributed by atoms with van der Waals surface area (Å²) >= 11 is 0. The van der Waals surface area contributed by atoms with Gasteiger partial charge in [0.05, 0.1) is 6.61 Å². The average Bonchev–Trinajstić information content (AvgIpc) is 2.40. The molecule has 0 heterocycles. The fourth-order valence-corrected chi connectivity index (χ4v) is 1.84. The zero-order valence-electron chi connectivity index (χ0n) is 10.0. The largest absolute Gasteiger partial charge is 0.395 e. The number of hydrogen-bond acceptors (Lipinski definition) is 2. The zero-order chi connectivity index (χ0) is 13.0. The first-order valence-electron chi connectivity index (χ1n) is 5.90. The minimum absolute atomic E-state index is 0.0142. The van der Waals surface area contributed by atoms with Gasteiger partial charge in [-0.25, -0.2) is 4.39 Å². The molecule has 0 aliphatic heterocycles. The van der Waals surface area contributed by atoms with Gasteiger partial charge in [-0.05, 0) is 35.2 Å². The molecule has 2 rings (SSSR count). The maximum atomic E-state index is 12.8. The number of rotatable bonds is 4. The Morgan fingerprint density at radius 3 is 1.94 bits per heavy atom. The van der Waals surface area contributed by atoms with Crippen molar-refractivity contribution in [3.05, 3.63) is 59.9 Å². The first kappa shape index (κ1) is 12.7. The van der Waals surface area contributed by atoms with Gasteiger partial charge in [0.25, 0.3) is 0 Å². The Morgan fingerprint density at radius 1 is 0.944 bits per heavy atom. The second kappa shape index (κ2) is 5.76. The summed E-state index contributed by atoms with van der Waals surface area (Å²) in [6.07, 6.45) is 0.653. The molecule has 0 spiro atoms. The molecule has 18 heavy (non-hydrogen) atoms. The quantitative estimate of drug-likeness (QED) is 0.868. The molecule has 0 aliphatic carbocycles. The first-order valence-corrected chi connectivity index (χ1v) is 5.90. The van der Waals surface area contributed by atoms with Crippen molar-refractivity contribution in [3.8, 4) is 11.1 Å². The number of hydrogen-bond donors (Lipinski definition) is 2. The normalized spacial score (nSPS) is 12.4. The van der Waals surface area contributed by atoms with Crippen LogP contribution in [0.4, 0.5) is 4.39 Å². The molecular weight excluding hydrogens is 229 g/mol. The van der Waals surface area contributed by atoms with Crippen LogP contribution in [0.5, 0.6) is 0 Å². The van der Waals surface area contributed by atoms with Crippen LogP contribution in [0.1, 0.15) is 5.56 Å². The molecule has 1 unspecified atom stereocenters. The van der Waals surface area contributed by atoms with E-state index in [2.05, 4.69) is 0 Å². The Balaban J connectivity index is 2.14. The van der Waals surface area contributed by atoms with E-state index in [4.69, 9.17) is 10.8 Å². The highest BCUT2D eigenvalue weighted by atomic mass is 19.1. The van der Waals surface area contributed by atoms with Gasteiger partial charge in [-0.1, -0.05) is 36.4 Å². The van der Waals surface area contributed by atoms with E-state index in [9.17, 15) is 4.39 Å². The van der Waals surface area contributed by atoms with Gasteiger partial charge in [0.1, 0.15) is 5.82 Å². The fourth-order valence-electron chi connectivity index (χ4n) is 1.84. The molecule has 0 aliphatic rings. The Kier molecular flexibility index (Phi) is 4.07. The maximum absolute atomic E-state index is 12.8. The van der Waals surface area contributed by atoms with Crippen molar-refractivity contribution >= 4 is 0 Å². The van der Waals surface area contributed by atoms with Crippen molar-refractivity contribution in [1.29, 1.82) is 0 Å². The van der Waals surface area contributed by atoms with Crippen LogP contribution in [0.2, 0.25) is 0 Å². The van der Waals surface area contributed by atoms with Gasteiger partial charge in [0.15, 0.2) is 0 Å². The summed E-state index contributed by atoms with van der Waals surface area (Å²) in [4.78, 5) is 0. The number of benzene rings is 2. The molecule has 3 N–H and O–H groups in total. The number of aliphatic hydroxyl groups is 1. The maximum Gasteiger partial charge on any atom is 0.123 e. The summed E-state index contributed by atoms with van der Waals surface area (Å²) in [5, 5.41) is 8.89. The second-order valence-electron chi connectivity index (χ2n) is 4.35. The minimum Gasteiger partial charge on any atom is -0.395 e. The third-order valence-electron chi connectivity index (χ3n) is 2.86. The molecule has 2 aromatic carbocycles. The van der Waals surface area contributed by atoms with E-state index in [-0.39, 0.29) is 18.5 Å². The van der Waals surface area contributed by atoms with E-state index >= 15 is 0 Å². The lowest BCUT2D eigenvalue weighted by Crippen LogP contribution is -2.26. The van der Waals surface area contributed by atoms with Gasteiger partial charge >= 0.3 is 0 Å². The van der Waals surface area contributed by atoms with Gasteiger partial charge < -0.3 is 10.8 Å². The third-order valence-corrected chi connectivity index (χ3v) is 2.86. The van der Waals surface area contributed by atoms with Crippen LogP contribution in [-0.4, -0.2) is 17.8 Å². The molecular formula is C15H16FNO. The SMILES string of the molecule is NC(CO)Cc1ccc(-c2ccc(F)cc2)cc1. The summed E-state index contributed by atoms with van der Waals surface area (Å²) in [6, 6.07) is 14.1. The molecule has 0 aromatic heterocycles.